The molecule has 0 fully saturated rings. The van der Waals surface area contributed by atoms with Gasteiger partial charge in [0, 0.05) is 24.5 Å². The lowest BCUT2D eigenvalue weighted by Gasteiger charge is -2.12. The van der Waals surface area contributed by atoms with Crippen LogP contribution in [-0.2, 0) is 4.79 Å². The Balaban J connectivity index is 3.12. The van der Waals surface area contributed by atoms with Gasteiger partial charge in [-0.2, -0.15) is 5.26 Å². The zero-order valence-corrected chi connectivity index (χ0v) is 12.4. The van der Waals surface area contributed by atoms with Gasteiger partial charge in [0.25, 0.3) is 0 Å². The van der Waals surface area contributed by atoms with Gasteiger partial charge in [-0.3, -0.25) is 0 Å². The largest absolute Gasteiger partial charge is 0.477 e. The summed E-state index contributed by atoms with van der Waals surface area (Å²) in [5.74, 6) is -1.22. The van der Waals surface area contributed by atoms with E-state index in [1.807, 2.05) is 18.2 Å². The van der Waals surface area contributed by atoms with E-state index < -0.39 is 5.97 Å². The maximum atomic E-state index is 10.9. The lowest BCUT2D eigenvalue weighted by atomic mass is 10.1. The summed E-state index contributed by atoms with van der Waals surface area (Å²) in [5.41, 5.74) is 2.22. The standard InChI is InChI=1S/C16H21N3O2/c1-3-7-18-14-6-5-12(9-13(11-17)16(20)21)15(10-14)19-8-4-2/h5-6,9-10,18-19H,3-4,7-8H2,1-2H3,(H,20,21)/b13-9+. The summed E-state index contributed by atoms with van der Waals surface area (Å²) in [6.07, 6.45) is 3.38. The number of hydrogen-bond acceptors (Lipinski definition) is 4. The molecule has 0 spiro atoms. The Kier molecular flexibility index (Phi) is 6.82. The highest BCUT2D eigenvalue weighted by Gasteiger charge is 2.08. The van der Waals surface area contributed by atoms with Gasteiger partial charge in [0.15, 0.2) is 0 Å². The van der Waals surface area contributed by atoms with Gasteiger partial charge in [0.05, 0.1) is 0 Å². The van der Waals surface area contributed by atoms with Crippen molar-refractivity contribution in [2.24, 2.45) is 0 Å². The van der Waals surface area contributed by atoms with E-state index >= 15 is 0 Å². The van der Waals surface area contributed by atoms with Crippen LogP contribution in [0.1, 0.15) is 32.3 Å². The molecule has 1 aromatic rings. The summed E-state index contributed by atoms with van der Waals surface area (Å²) in [6, 6.07) is 7.34. The molecule has 0 aliphatic carbocycles. The number of aliphatic carboxylic acids is 1. The number of nitrogens with one attached hydrogen (secondary N) is 2. The van der Waals surface area contributed by atoms with Gasteiger partial charge in [-0.1, -0.05) is 19.9 Å². The third-order valence-electron chi connectivity index (χ3n) is 2.85. The van der Waals surface area contributed by atoms with Crippen molar-refractivity contribution in [3.63, 3.8) is 0 Å². The molecule has 0 aliphatic rings. The molecule has 0 amide bonds. The van der Waals surface area contributed by atoms with Gasteiger partial charge in [0.2, 0.25) is 0 Å². The van der Waals surface area contributed by atoms with E-state index in [0.717, 1.165) is 37.3 Å². The second kappa shape index (κ2) is 8.64. The van der Waals surface area contributed by atoms with Crippen molar-refractivity contribution < 1.29 is 9.90 Å². The van der Waals surface area contributed by atoms with Crippen molar-refractivity contribution in [2.45, 2.75) is 26.7 Å². The minimum absolute atomic E-state index is 0.274. The zero-order valence-electron chi connectivity index (χ0n) is 12.4. The molecule has 0 aliphatic heterocycles. The molecule has 1 rings (SSSR count). The number of benzene rings is 1. The van der Waals surface area contributed by atoms with Crippen molar-refractivity contribution in [1.82, 2.24) is 0 Å². The summed E-state index contributed by atoms with van der Waals surface area (Å²) in [7, 11) is 0. The monoisotopic (exact) mass is 287 g/mol. The molecule has 112 valence electrons. The number of nitrogens with zero attached hydrogens (tertiary/aromatic N) is 1. The first-order valence-corrected chi connectivity index (χ1v) is 7.09. The van der Waals surface area contributed by atoms with Gasteiger partial charge >= 0.3 is 5.97 Å². The molecular formula is C16H21N3O2. The maximum absolute atomic E-state index is 10.9. The molecule has 21 heavy (non-hydrogen) atoms. The number of carboxylic acids is 1. The molecule has 5 nitrogen and oxygen atoms in total. The van der Waals surface area contributed by atoms with Crippen molar-refractivity contribution in [3.8, 4) is 6.07 Å². The van der Waals surface area contributed by atoms with Crippen molar-refractivity contribution in [1.29, 1.82) is 5.26 Å². The van der Waals surface area contributed by atoms with Crippen LogP contribution in [0.25, 0.3) is 6.08 Å². The zero-order chi connectivity index (χ0) is 15.7. The summed E-state index contributed by atoms with van der Waals surface area (Å²) in [5, 5.41) is 24.4. The van der Waals surface area contributed by atoms with Crippen molar-refractivity contribution in [3.05, 3.63) is 29.3 Å². The molecule has 5 heteroatoms. The van der Waals surface area contributed by atoms with Gasteiger partial charge in [-0.05, 0) is 36.6 Å². The van der Waals surface area contributed by atoms with Crippen molar-refractivity contribution in [2.75, 3.05) is 23.7 Å². The average Bonchev–Trinajstić information content (AvgIpc) is 2.49. The van der Waals surface area contributed by atoms with Gasteiger partial charge in [-0.25, -0.2) is 4.79 Å². The van der Waals surface area contributed by atoms with E-state index in [0.29, 0.717) is 5.56 Å². The maximum Gasteiger partial charge on any atom is 0.346 e. The number of carboxylic acid groups (broad SMARTS) is 1. The Labute approximate surface area is 125 Å². The van der Waals surface area contributed by atoms with Gasteiger partial charge < -0.3 is 15.7 Å². The van der Waals surface area contributed by atoms with E-state index in [1.54, 1.807) is 6.07 Å². The highest BCUT2D eigenvalue weighted by Crippen LogP contribution is 2.23. The second-order valence-corrected chi connectivity index (χ2v) is 4.63. The fourth-order valence-corrected chi connectivity index (χ4v) is 1.77. The van der Waals surface area contributed by atoms with Crippen LogP contribution >= 0.6 is 0 Å². The second-order valence-electron chi connectivity index (χ2n) is 4.63. The Hall–Kier alpha value is -2.48. The summed E-state index contributed by atoms with van der Waals surface area (Å²) in [6.45, 7) is 5.81. The number of hydrogen-bond donors (Lipinski definition) is 3. The lowest BCUT2D eigenvalue weighted by molar-refractivity contribution is -0.132. The molecule has 0 unspecified atom stereocenters. The van der Waals surface area contributed by atoms with Crippen LogP contribution in [0.4, 0.5) is 11.4 Å². The molecule has 0 atom stereocenters. The molecule has 3 N–H and O–H groups in total. The SMILES string of the molecule is CCCNc1ccc(/C=C(\C#N)C(=O)O)c(NCCC)c1. The molecule has 0 bridgehead atoms. The van der Waals surface area contributed by atoms with Crippen LogP contribution in [0.15, 0.2) is 23.8 Å². The molecule has 0 aromatic heterocycles. The third-order valence-corrected chi connectivity index (χ3v) is 2.85. The van der Waals surface area contributed by atoms with Crippen LogP contribution in [-0.4, -0.2) is 24.2 Å². The van der Waals surface area contributed by atoms with Crippen LogP contribution in [0.5, 0.6) is 0 Å². The smallest absolute Gasteiger partial charge is 0.346 e. The predicted octanol–water partition coefficient (Wildman–Crippen LogP) is 3.32. The first-order chi connectivity index (χ1) is 10.1. The Morgan fingerprint density at radius 3 is 2.52 bits per heavy atom. The Morgan fingerprint density at radius 2 is 1.95 bits per heavy atom. The van der Waals surface area contributed by atoms with E-state index in [4.69, 9.17) is 10.4 Å². The fourth-order valence-electron chi connectivity index (χ4n) is 1.77. The van der Waals surface area contributed by atoms with E-state index in [-0.39, 0.29) is 5.57 Å². The van der Waals surface area contributed by atoms with Crippen LogP contribution < -0.4 is 10.6 Å². The van der Waals surface area contributed by atoms with Crippen molar-refractivity contribution >= 4 is 23.4 Å². The highest BCUT2D eigenvalue weighted by molar-refractivity contribution is 5.97. The molecule has 0 saturated heterocycles. The molecular weight excluding hydrogens is 266 g/mol. The fraction of sp³-hybridized carbons (Fsp3) is 0.375. The topological polar surface area (TPSA) is 85.2 Å². The number of anilines is 2. The molecule has 0 radical (unpaired) electrons. The van der Waals surface area contributed by atoms with E-state index in [2.05, 4.69) is 24.5 Å². The quantitative estimate of drug-likeness (QED) is 0.504. The predicted molar refractivity (Wildman–Crippen MR) is 85.2 cm³/mol. The van der Waals surface area contributed by atoms with Gasteiger partial charge in [0.1, 0.15) is 11.6 Å². The number of carbonyl (C=O) groups is 1. The molecule has 1 aromatic carbocycles. The van der Waals surface area contributed by atoms with E-state index in [1.165, 1.54) is 6.08 Å². The first-order valence-electron chi connectivity index (χ1n) is 7.09. The normalized spacial score (nSPS) is 10.8. The summed E-state index contributed by atoms with van der Waals surface area (Å²) >= 11 is 0. The Morgan fingerprint density at radius 1 is 1.29 bits per heavy atom. The number of rotatable bonds is 8. The van der Waals surface area contributed by atoms with Crippen LogP contribution in [0.2, 0.25) is 0 Å². The summed E-state index contributed by atoms with van der Waals surface area (Å²) in [4.78, 5) is 10.9. The average molecular weight is 287 g/mol. The molecule has 0 saturated carbocycles. The third kappa shape index (κ3) is 5.19. The molecule has 0 heterocycles. The first kappa shape index (κ1) is 16.6. The van der Waals surface area contributed by atoms with Gasteiger partial charge in [-0.15, -0.1) is 0 Å². The van der Waals surface area contributed by atoms with Crippen LogP contribution in [0.3, 0.4) is 0 Å². The van der Waals surface area contributed by atoms with Crippen LogP contribution in [0, 0.1) is 11.3 Å². The number of nitriles is 1. The minimum atomic E-state index is -1.22. The lowest BCUT2D eigenvalue weighted by Crippen LogP contribution is -2.05. The Bertz CT molecular complexity index is 559. The highest BCUT2D eigenvalue weighted by atomic mass is 16.4. The minimum Gasteiger partial charge on any atom is -0.477 e. The summed E-state index contributed by atoms with van der Waals surface area (Å²) < 4.78 is 0. The van der Waals surface area contributed by atoms with E-state index in [9.17, 15) is 4.79 Å².